The van der Waals surface area contributed by atoms with E-state index in [1.54, 1.807) is 6.92 Å². The van der Waals surface area contributed by atoms with Crippen molar-refractivity contribution in [2.24, 2.45) is 5.73 Å². The van der Waals surface area contributed by atoms with E-state index in [1.807, 2.05) is 38.0 Å². The molecule has 1 heterocycles. The molecule has 160 valence electrons. The van der Waals surface area contributed by atoms with Crippen LogP contribution in [0.5, 0.6) is 5.75 Å². The highest BCUT2D eigenvalue weighted by atomic mass is 19.4. The number of H-pyrrole nitrogens is 1. The maximum absolute atomic E-state index is 12.2. The fraction of sp³-hybridized carbons (Fsp3) is 0.190. The third kappa shape index (κ3) is 6.56. The Morgan fingerprint density at radius 1 is 1.07 bits per heavy atom. The molecule has 0 spiro atoms. The number of carbonyl (C=O) groups excluding carboxylic acids is 1. The van der Waals surface area contributed by atoms with E-state index in [1.165, 1.54) is 18.2 Å². The lowest BCUT2D eigenvalue weighted by molar-refractivity contribution is -0.138. The molecule has 2 aromatic carbocycles. The van der Waals surface area contributed by atoms with Gasteiger partial charge in [-0.3, -0.25) is 4.79 Å². The van der Waals surface area contributed by atoms with Gasteiger partial charge in [0.2, 0.25) is 5.75 Å². The Balaban J connectivity index is 0.000000287. The molecule has 9 heteroatoms. The lowest BCUT2D eigenvalue weighted by Gasteiger charge is -2.10. The topological polar surface area (TPSA) is 109 Å². The van der Waals surface area contributed by atoms with E-state index >= 15 is 0 Å². The summed E-state index contributed by atoms with van der Waals surface area (Å²) in [7, 11) is 0. The van der Waals surface area contributed by atoms with Gasteiger partial charge in [-0.15, -0.1) is 0 Å². The van der Waals surface area contributed by atoms with Crippen LogP contribution in [0.3, 0.4) is 0 Å². The minimum absolute atomic E-state index is 0.0876. The Morgan fingerprint density at radius 3 is 2.10 bits per heavy atom. The number of aromatic nitrogens is 2. The molecule has 0 atom stereocenters. The lowest BCUT2D eigenvalue weighted by atomic mass is 10.1. The summed E-state index contributed by atoms with van der Waals surface area (Å²) < 4.78 is 36.5. The van der Waals surface area contributed by atoms with Crippen molar-refractivity contribution in [1.82, 2.24) is 9.97 Å². The van der Waals surface area contributed by atoms with Crippen LogP contribution in [0.15, 0.2) is 53.3 Å². The van der Waals surface area contributed by atoms with E-state index in [9.17, 15) is 23.1 Å². The first-order valence-corrected chi connectivity index (χ1v) is 8.64. The highest BCUT2D eigenvalue weighted by Gasteiger charge is 2.32. The molecule has 0 saturated heterocycles. The zero-order chi connectivity index (χ0) is 22.9. The van der Waals surface area contributed by atoms with E-state index in [2.05, 4.69) is 9.97 Å². The molecule has 0 radical (unpaired) electrons. The number of benzene rings is 2. The Morgan fingerprint density at radius 2 is 1.63 bits per heavy atom. The molecule has 0 saturated carbocycles. The Kier molecular flexibility index (Phi) is 8.94. The first kappa shape index (κ1) is 24.6. The van der Waals surface area contributed by atoms with Crippen LogP contribution in [0.1, 0.15) is 22.4 Å². The van der Waals surface area contributed by atoms with Crippen LogP contribution in [0.2, 0.25) is 0 Å². The first-order chi connectivity index (χ1) is 14.1. The van der Waals surface area contributed by atoms with Crippen LogP contribution in [-0.2, 0) is 17.5 Å². The third-order valence-electron chi connectivity index (χ3n) is 3.94. The number of aromatic amines is 1. The van der Waals surface area contributed by atoms with Crippen LogP contribution < -0.4 is 11.3 Å². The second kappa shape index (κ2) is 10.9. The van der Waals surface area contributed by atoms with Gasteiger partial charge in [-0.05, 0) is 25.5 Å². The van der Waals surface area contributed by atoms with Crippen molar-refractivity contribution in [2.45, 2.75) is 26.6 Å². The van der Waals surface area contributed by atoms with Gasteiger partial charge in [0.25, 0.3) is 5.56 Å². The predicted octanol–water partition coefficient (Wildman–Crippen LogP) is 3.74. The molecule has 30 heavy (non-hydrogen) atoms. The molecular formula is C21H22F3N3O3. The molecule has 0 aliphatic carbocycles. The molecule has 0 amide bonds. The average Bonchev–Trinajstić information content (AvgIpc) is 2.73. The molecule has 0 aliphatic rings. The number of carbonyl (C=O) groups is 1. The van der Waals surface area contributed by atoms with Gasteiger partial charge in [0.1, 0.15) is 12.6 Å². The molecule has 3 rings (SSSR count). The van der Waals surface area contributed by atoms with Crippen molar-refractivity contribution in [3.05, 3.63) is 81.3 Å². The van der Waals surface area contributed by atoms with Crippen molar-refractivity contribution < 1.29 is 23.1 Å². The van der Waals surface area contributed by atoms with Gasteiger partial charge in [-0.2, -0.15) is 13.2 Å². The maximum atomic E-state index is 12.2. The molecule has 4 N–H and O–H groups in total. The highest BCUT2D eigenvalue weighted by molar-refractivity contribution is 5.55. The molecule has 0 fully saturated rings. The summed E-state index contributed by atoms with van der Waals surface area (Å²) in [6.45, 7) is 5.50. The molecule has 0 bridgehead atoms. The van der Waals surface area contributed by atoms with Gasteiger partial charge in [0, 0.05) is 12.1 Å². The van der Waals surface area contributed by atoms with Gasteiger partial charge in [-0.1, -0.05) is 48.0 Å². The second-order valence-electron chi connectivity index (χ2n) is 6.07. The average molecular weight is 421 g/mol. The summed E-state index contributed by atoms with van der Waals surface area (Å²) >= 11 is 0. The number of aromatic hydroxyl groups is 1. The van der Waals surface area contributed by atoms with E-state index in [0.29, 0.717) is 11.5 Å². The number of aryl methyl sites for hydroxylation is 2. The monoisotopic (exact) mass is 421 g/mol. The van der Waals surface area contributed by atoms with Crippen molar-refractivity contribution in [3.8, 4) is 17.1 Å². The highest BCUT2D eigenvalue weighted by Crippen LogP contribution is 2.31. The Bertz CT molecular complexity index is 1020. The SMILES string of the molecule is C=O.Cc1ccc(-c2nc(C)c(O)c(=O)[nH]2)cc1.NCc1ccccc1C(F)(F)F. The zero-order valence-corrected chi connectivity index (χ0v) is 16.5. The van der Waals surface area contributed by atoms with E-state index in [0.717, 1.165) is 17.2 Å². The summed E-state index contributed by atoms with van der Waals surface area (Å²) in [5, 5.41) is 9.32. The standard InChI is InChI=1S/C12H12N2O2.C8H8F3N.CH2O/c1-7-3-5-9(6-4-7)11-13-8(2)10(15)12(16)14-11;9-8(10,11)7-4-2-1-3-6(7)5-12;1-2/h3-6,15H,1-2H3,(H,13,14,16);1-4H,5,12H2;1H2. The summed E-state index contributed by atoms with van der Waals surface area (Å²) in [6, 6.07) is 12.9. The van der Waals surface area contributed by atoms with Crippen molar-refractivity contribution in [3.63, 3.8) is 0 Å². The number of nitrogens with two attached hydrogens (primary N) is 1. The van der Waals surface area contributed by atoms with Gasteiger partial charge in [-0.25, -0.2) is 4.98 Å². The van der Waals surface area contributed by atoms with Crippen LogP contribution >= 0.6 is 0 Å². The van der Waals surface area contributed by atoms with E-state index < -0.39 is 17.3 Å². The molecule has 3 aromatic rings. The third-order valence-corrected chi connectivity index (χ3v) is 3.94. The fourth-order valence-corrected chi connectivity index (χ4v) is 2.40. The summed E-state index contributed by atoms with van der Waals surface area (Å²) in [5.41, 5.74) is 6.42. The van der Waals surface area contributed by atoms with Crippen LogP contribution in [0, 0.1) is 13.8 Å². The minimum atomic E-state index is -4.30. The zero-order valence-electron chi connectivity index (χ0n) is 16.5. The van der Waals surface area contributed by atoms with Gasteiger partial charge in [0.05, 0.1) is 11.3 Å². The summed E-state index contributed by atoms with van der Waals surface area (Å²) in [4.78, 5) is 26.0. The number of halogens is 3. The Labute approximate surface area is 171 Å². The normalized spacial score (nSPS) is 10.3. The van der Waals surface area contributed by atoms with Crippen LogP contribution in [0.25, 0.3) is 11.4 Å². The number of hydrogen-bond donors (Lipinski definition) is 3. The predicted molar refractivity (Wildman–Crippen MR) is 108 cm³/mol. The summed E-state index contributed by atoms with van der Waals surface area (Å²) in [5.74, 6) is 0.149. The summed E-state index contributed by atoms with van der Waals surface area (Å²) in [6.07, 6.45) is -4.30. The molecule has 1 aromatic heterocycles. The van der Waals surface area contributed by atoms with Crippen molar-refractivity contribution in [1.29, 1.82) is 0 Å². The van der Waals surface area contributed by atoms with Gasteiger partial charge >= 0.3 is 6.18 Å². The number of nitrogens with one attached hydrogen (secondary N) is 1. The number of nitrogens with zero attached hydrogens (tertiary/aromatic N) is 1. The smallest absolute Gasteiger partial charge is 0.416 e. The molecule has 0 aliphatic heterocycles. The molecule has 0 unspecified atom stereocenters. The maximum Gasteiger partial charge on any atom is 0.416 e. The number of rotatable bonds is 2. The Hall–Kier alpha value is -3.46. The van der Waals surface area contributed by atoms with Crippen molar-refractivity contribution in [2.75, 3.05) is 0 Å². The van der Waals surface area contributed by atoms with Gasteiger partial charge in [0.15, 0.2) is 0 Å². The first-order valence-electron chi connectivity index (χ1n) is 8.64. The van der Waals surface area contributed by atoms with Crippen molar-refractivity contribution >= 4 is 6.79 Å². The number of hydrogen-bond acceptors (Lipinski definition) is 5. The molecule has 6 nitrogen and oxygen atoms in total. The van der Waals surface area contributed by atoms with Crippen LogP contribution in [-0.4, -0.2) is 21.9 Å². The van der Waals surface area contributed by atoms with E-state index in [4.69, 9.17) is 10.5 Å². The van der Waals surface area contributed by atoms with E-state index in [-0.39, 0.29) is 17.9 Å². The lowest BCUT2D eigenvalue weighted by Crippen LogP contribution is -2.11. The fourth-order valence-electron chi connectivity index (χ4n) is 2.40. The largest absolute Gasteiger partial charge is 0.502 e. The molecular weight excluding hydrogens is 399 g/mol. The van der Waals surface area contributed by atoms with Gasteiger partial charge < -0.3 is 20.6 Å². The second-order valence-corrected chi connectivity index (χ2v) is 6.07. The minimum Gasteiger partial charge on any atom is -0.502 e. The van der Waals surface area contributed by atoms with Crippen LogP contribution in [0.4, 0.5) is 13.2 Å². The number of alkyl halides is 3. The quantitative estimate of drug-likeness (QED) is 0.584.